The van der Waals surface area contributed by atoms with Gasteiger partial charge in [-0.05, 0) is 54.1 Å². The molecule has 3 rings (SSSR count). The minimum absolute atomic E-state index is 0.322. The highest BCUT2D eigenvalue weighted by Gasteiger charge is 2.22. The standard InChI is InChI=1S/C28H37N3O4S/c1-2-3-4-5-6-7-8-9-10-11-12-21-13-17-24(18-14-21)30-31-27-26(36(33,34)35)19-22-15-16-23(29)20-25(22)28(27)32/h13-20,32H,2-12,29H2,1H3,(H,33,34,35). The topological polar surface area (TPSA) is 125 Å². The lowest BCUT2D eigenvalue weighted by atomic mass is 10.0. The van der Waals surface area contributed by atoms with E-state index in [1.807, 2.05) is 12.1 Å². The normalized spacial score (nSPS) is 12.1. The van der Waals surface area contributed by atoms with Crippen LogP contribution in [0.2, 0.25) is 0 Å². The summed E-state index contributed by atoms with van der Waals surface area (Å²) in [7, 11) is -4.64. The lowest BCUT2D eigenvalue weighted by molar-refractivity contribution is 0.472. The van der Waals surface area contributed by atoms with E-state index in [9.17, 15) is 18.1 Å². The number of nitrogens with two attached hydrogens (primary N) is 1. The van der Waals surface area contributed by atoms with Gasteiger partial charge in [-0.2, -0.15) is 13.5 Å². The van der Waals surface area contributed by atoms with Crippen LogP contribution in [0, 0.1) is 0 Å². The summed E-state index contributed by atoms with van der Waals surface area (Å²) in [6.07, 6.45) is 14.0. The fourth-order valence-corrected chi connectivity index (χ4v) is 4.96. The van der Waals surface area contributed by atoms with Gasteiger partial charge in [-0.15, -0.1) is 5.11 Å². The van der Waals surface area contributed by atoms with Gasteiger partial charge in [0.25, 0.3) is 10.1 Å². The van der Waals surface area contributed by atoms with Crippen LogP contribution < -0.4 is 5.73 Å². The Morgan fingerprint density at radius 2 is 1.42 bits per heavy atom. The Kier molecular flexibility index (Phi) is 10.3. The molecule has 0 aromatic heterocycles. The summed E-state index contributed by atoms with van der Waals surface area (Å²) in [6, 6.07) is 13.5. The first-order valence-corrected chi connectivity index (χ1v) is 14.3. The lowest BCUT2D eigenvalue weighted by Gasteiger charge is -2.09. The Hall–Kier alpha value is -2.97. The second kappa shape index (κ2) is 13.4. The van der Waals surface area contributed by atoms with Gasteiger partial charge in [-0.25, -0.2) is 0 Å². The molecule has 3 aromatic carbocycles. The number of anilines is 1. The Bertz CT molecular complexity index is 1270. The Labute approximate surface area is 214 Å². The maximum Gasteiger partial charge on any atom is 0.296 e. The first-order chi connectivity index (χ1) is 17.3. The second-order valence-corrected chi connectivity index (χ2v) is 10.7. The first-order valence-electron chi connectivity index (χ1n) is 12.8. The SMILES string of the molecule is CCCCCCCCCCCCc1ccc(N=Nc2c(S(=O)(=O)O)cc3ccc(N)cc3c2O)cc1. The van der Waals surface area contributed by atoms with Gasteiger partial charge in [0.1, 0.15) is 10.6 Å². The fourth-order valence-electron chi connectivity index (χ4n) is 4.31. The highest BCUT2D eigenvalue weighted by Crippen LogP contribution is 2.41. The quantitative estimate of drug-likeness (QED) is 0.0869. The second-order valence-electron chi connectivity index (χ2n) is 9.33. The molecule has 0 aliphatic heterocycles. The number of phenols is 1. The number of aryl methyl sites for hydroxylation is 1. The third kappa shape index (κ3) is 8.03. The highest BCUT2D eigenvalue weighted by molar-refractivity contribution is 7.86. The van der Waals surface area contributed by atoms with Crippen LogP contribution in [0.5, 0.6) is 5.75 Å². The molecule has 0 bridgehead atoms. The van der Waals surface area contributed by atoms with E-state index >= 15 is 0 Å². The van der Waals surface area contributed by atoms with Gasteiger partial charge in [0.15, 0.2) is 5.75 Å². The van der Waals surface area contributed by atoms with Crippen molar-refractivity contribution < 1.29 is 18.1 Å². The third-order valence-corrected chi connectivity index (χ3v) is 7.24. The molecule has 7 nitrogen and oxygen atoms in total. The molecular formula is C28H37N3O4S. The number of hydrogen-bond donors (Lipinski definition) is 3. The molecule has 3 aromatic rings. The van der Waals surface area contributed by atoms with Crippen molar-refractivity contribution in [1.82, 2.24) is 0 Å². The molecule has 0 amide bonds. The summed E-state index contributed by atoms with van der Waals surface area (Å²) >= 11 is 0. The van der Waals surface area contributed by atoms with Crippen LogP contribution in [-0.4, -0.2) is 18.1 Å². The number of rotatable bonds is 14. The summed E-state index contributed by atoms with van der Waals surface area (Å²) in [4.78, 5) is -0.515. The van der Waals surface area contributed by atoms with Crippen molar-refractivity contribution in [3.63, 3.8) is 0 Å². The Morgan fingerprint density at radius 3 is 2.03 bits per heavy atom. The lowest BCUT2D eigenvalue weighted by Crippen LogP contribution is -1.99. The number of aromatic hydroxyl groups is 1. The first kappa shape index (κ1) is 27.6. The molecule has 8 heteroatoms. The van der Waals surface area contributed by atoms with Crippen LogP contribution in [0.3, 0.4) is 0 Å². The molecule has 0 radical (unpaired) electrons. The van der Waals surface area contributed by atoms with Crippen LogP contribution in [-0.2, 0) is 16.5 Å². The van der Waals surface area contributed by atoms with Crippen molar-refractivity contribution in [2.75, 3.05) is 5.73 Å². The van der Waals surface area contributed by atoms with Crippen LogP contribution in [0.25, 0.3) is 10.8 Å². The van der Waals surface area contributed by atoms with Gasteiger partial charge in [0.2, 0.25) is 0 Å². The molecule has 0 saturated heterocycles. The van der Waals surface area contributed by atoms with Gasteiger partial charge < -0.3 is 10.8 Å². The van der Waals surface area contributed by atoms with Gasteiger partial charge in [-0.1, -0.05) is 82.9 Å². The number of azo groups is 1. The van der Waals surface area contributed by atoms with Gasteiger partial charge >= 0.3 is 0 Å². The minimum atomic E-state index is -4.64. The molecular weight excluding hydrogens is 474 g/mol. The van der Waals surface area contributed by atoms with E-state index in [1.54, 1.807) is 24.3 Å². The molecule has 0 saturated carbocycles. The summed E-state index contributed by atoms with van der Waals surface area (Å²) in [6.45, 7) is 2.24. The van der Waals surface area contributed by atoms with Crippen molar-refractivity contribution in [3.05, 3.63) is 54.1 Å². The Balaban J connectivity index is 1.58. The number of nitrogen functional groups attached to an aromatic ring is 1. The van der Waals surface area contributed by atoms with Gasteiger partial charge in [-0.3, -0.25) is 4.55 Å². The summed E-state index contributed by atoms with van der Waals surface area (Å²) in [5.41, 5.74) is 7.58. The molecule has 0 unspecified atom stereocenters. The van der Waals surface area contributed by atoms with Crippen molar-refractivity contribution in [2.24, 2.45) is 10.2 Å². The zero-order valence-electron chi connectivity index (χ0n) is 21.0. The smallest absolute Gasteiger partial charge is 0.296 e. The van der Waals surface area contributed by atoms with Gasteiger partial charge in [0, 0.05) is 11.1 Å². The molecule has 0 spiro atoms. The van der Waals surface area contributed by atoms with Crippen LogP contribution >= 0.6 is 0 Å². The van der Waals surface area contributed by atoms with Crippen molar-refractivity contribution >= 4 is 38.0 Å². The van der Waals surface area contributed by atoms with E-state index in [0.717, 1.165) is 12.8 Å². The van der Waals surface area contributed by atoms with Crippen LogP contribution in [0.4, 0.5) is 17.1 Å². The van der Waals surface area contributed by atoms with E-state index in [0.29, 0.717) is 22.1 Å². The number of phenolic OH excluding ortho intramolecular Hbond substituents is 1. The van der Waals surface area contributed by atoms with Gasteiger partial charge in [0.05, 0.1) is 5.69 Å². The largest absolute Gasteiger partial charge is 0.505 e. The van der Waals surface area contributed by atoms with Crippen molar-refractivity contribution in [2.45, 2.75) is 82.4 Å². The van der Waals surface area contributed by atoms with Crippen LogP contribution in [0.15, 0.2) is 63.7 Å². The fraction of sp³-hybridized carbons (Fsp3) is 0.429. The molecule has 4 N–H and O–H groups in total. The summed E-state index contributed by atoms with van der Waals surface area (Å²) in [5, 5.41) is 19.5. The van der Waals surface area contributed by atoms with E-state index in [-0.39, 0.29) is 5.69 Å². The predicted octanol–water partition coefficient (Wildman–Crippen LogP) is 8.25. The van der Waals surface area contributed by atoms with Crippen molar-refractivity contribution in [1.29, 1.82) is 0 Å². The average molecular weight is 512 g/mol. The minimum Gasteiger partial charge on any atom is -0.505 e. The zero-order valence-corrected chi connectivity index (χ0v) is 21.8. The maximum atomic E-state index is 11.9. The molecule has 0 aliphatic carbocycles. The highest BCUT2D eigenvalue weighted by atomic mass is 32.2. The summed E-state index contributed by atoms with van der Waals surface area (Å²) < 4.78 is 33.5. The van der Waals surface area contributed by atoms with E-state index in [2.05, 4.69) is 17.2 Å². The number of fused-ring (bicyclic) bond motifs is 1. The maximum absolute atomic E-state index is 11.9. The molecule has 194 valence electrons. The molecule has 0 heterocycles. The molecule has 36 heavy (non-hydrogen) atoms. The van der Waals surface area contributed by atoms with Crippen molar-refractivity contribution in [3.8, 4) is 5.75 Å². The predicted molar refractivity (Wildman–Crippen MR) is 146 cm³/mol. The molecule has 0 aliphatic rings. The number of benzene rings is 3. The number of nitrogens with zero attached hydrogens (tertiary/aromatic N) is 2. The Morgan fingerprint density at radius 1 is 0.806 bits per heavy atom. The van der Waals surface area contributed by atoms with Crippen LogP contribution in [0.1, 0.15) is 76.7 Å². The average Bonchev–Trinajstić information content (AvgIpc) is 2.85. The third-order valence-electron chi connectivity index (χ3n) is 6.38. The summed E-state index contributed by atoms with van der Waals surface area (Å²) in [5.74, 6) is -0.409. The van der Waals surface area contributed by atoms with E-state index in [4.69, 9.17) is 5.73 Å². The zero-order chi connectivity index (χ0) is 26.0. The molecule has 0 fully saturated rings. The monoisotopic (exact) mass is 511 g/mol. The van der Waals surface area contributed by atoms with E-state index < -0.39 is 20.8 Å². The van der Waals surface area contributed by atoms with E-state index in [1.165, 1.54) is 75.5 Å². The number of unbranched alkanes of at least 4 members (excludes halogenated alkanes) is 9. The number of hydrogen-bond acceptors (Lipinski definition) is 6. The molecule has 0 atom stereocenters.